The molecule has 192 valence electrons. The molecule has 1 unspecified atom stereocenters. The molecule has 5 rings (SSSR count). The maximum Gasteiger partial charge on any atom is 0.338 e. The maximum absolute atomic E-state index is 13.8. The number of allylic oxidation sites excluding steroid dienone is 1. The van der Waals surface area contributed by atoms with E-state index in [4.69, 9.17) is 9.47 Å². The predicted molar refractivity (Wildman–Crippen MR) is 149 cm³/mol. The average molecular weight is 525 g/mol. The van der Waals surface area contributed by atoms with Crippen molar-refractivity contribution in [1.29, 1.82) is 0 Å². The number of carbonyl (C=O) groups excluding carboxylic acids is 1. The molecule has 4 aromatic rings. The first-order valence-electron chi connectivity index (χ1n) is 12.5. The number of hydrogen-bond donors (Lipinski definition) is 0. The molecular formula is C31H28N2O4S. The van der Waals surface area contributed by atoms with Crippen molar-refractivity contribution in [1.82, 2.24) is 4.57 Å². The van der Waals surface area contributed by atoms with E-state index in [1.165, 1.54) is 11.3 Å². The Balaban J connectivity index is 1.55. The molecule has 1 atom stereocenters. The summed E-state index contributed by atoms with van der Waals surface area (Å²) < 4.78 is 13.5. The smallest absolute Gasteiger partial charge is 0.338 e. The van der Waals surface area contributed by atoms with Gasteiger partial charge in [0.25, 0.3) is 5.56 Å². The lowest BCUT2D eigenvalue weighted by atomic mass is 9.95. The minimum Gasteiger partial charge on any atom is -0.489 e. The first-order valence-corrected chi connectivity index (χ1v) is 13.3. The van der Waals surface area contributed by atoms with E-state index >= 15 is 0 Å². The Kier molecular flexibility index (Phi) is 7.38. The van der Waals surface area contributed by atoms with Crippen LogP contribution < -0.4 is 19.6 Å². The van der Waals surface area contributed by atoms with Crippen LogP contribution in [0.3, 0.4) is 0 Å². The monoisotopic (exact) mass is 524 g/mol. The van der Waals surface area contributed by atoms with Gasteiger partial charge in [0.15, 0.2) is 4.80 Å². The summed E-state index contributed by atoms with van der Waals surface area (Å²) in [6.45, 7) is 6.25. The third kappa shape index (κ3) is 5.24. The second-order valence-corrected chi connectivity index (χ2v) is 10.1. The van der Waals surface area contributed by atoms with Gasteiger partial charge in [-0.15, -0.1) is 0 Å². The Labute approximate surface area is 224 Å². The average Bonchev–Trinajstić information content (AvgIpc) is 3.22. The van der Waals surface area contributed by atoms with Crippen LogP contribution in [-0.4, -0.2) is 17.1 Å². The number of carbonyl (C=O) groups is 1. The first kappa shape index (κ1) is 25.4. The van der Waals surface area contributed by atoms with Crippen molar-refractivity contribution in [2.24, 2.45) is 4.99 Å². The third-order valence-electron chi connectivity index (χ3n) is 6.31. The summed E-state index contributed by atoms with van der Waals surface area (Å²) in [6, 6.07) is 24.8. The normalized spacial score (nSPS) is 15.1. The lowest BCUT2D eigenvalue weighted by Gasteiger charge is -2.24. The fraction of sp³-hybridized carbons (Fsp3) is 0.194. The number of nitrogens with zero attached hydrogens (tertiary/aromatic N) is 2. The fourth-order valence-electron chi connectivity index (χ4n) is 4.44. The van der Waals surface area contributed by atoms with E-state index < -0.39 is 12.0 Å². The van der Waals surface area contributed by atoms with Crippen molar-refractivity contribution >= 4 is 23.4 Å². The molecule has 0 N–H and O–H groups in total. The molecule has 7 heteroatoms. The fourth-order valence-corrected chi connectivity index (χ4v) is 5.49. The lowest BCUT2D eigenvalue weighted by molar-refractivity contribution is -0.139. The van der Waals surface area contributed by atoms with Gasteiger partial charge in [0.1, 0.15) is 12.4 Å². The molecule has 1 aromatic heterocycles. The zero-order valence-corrected chi connectivity index (χ0v) is 22.3. The molecule has 6 nitrogen and oxygen atoms in total. The van der Waals surface area contributed by atoms with Gasteiger partial charge in [0.05, 0.1) is 28.5 Å². The number of thiazole rings is 1. The Hall–Kier alpha value is -4.23. The molecule has 2 heterocycles. The largest absolute Gasteiger partial charge is 0.489 e. The van der Waals surface area contributed by atoms with Crippen LogP contribution in [0.25, 0.3) is 6.08 Å². The molecule has 0 fully saturated rings. The number of aryl methyl sites for hydroxylation is 1. The number of hydrogen-bond acceptors (Lipinski definition) is 6. The summed E-state index contributed by atoms with van der Waals surface area (Å²) in [5.41, 5.74) is 4.57. The van der Waals surface area contributed by atoms with Gasteiger partial charge in [-0.3, -0.25) is 9.36 Å². The maximum atomic E-state index is 13.8. The van der Waals surface area contributed by atoms with E-state index in [1.54, 1.807) is 18.4 Å². The molecule has 0 bridgehead atoms. The quantitative estimate of drug-likeness (QED) is 0.329. The molecule has 0 amide bonds. The van der Waals surface area contributed by atoms with Gasteiger partial charge >= 0.3 is 5.97 Å². The molecule has 0 aliphatic carbocycles. The van der Waals surface area contributed by atoms with E-state index in [1.807, 2.05) is 91.9 Å². The second kappa shape index (κ2) is 11.0. The van der Waals surface area contributed by atoms with E-state index in [0.717, 1.165) is 22.3 Å². The SMILES string of the molecule is CCOC(=O)C1=C(C)N=c2s/c(=C\c3cccc(OCc4ccccc4)c3)c(=O)n2C1c1ccc(C)cc1. The van der Waals surface area contributed by atoms with Crippen LogP contribution in [0.2, 0.25) is 0 Å². The van der Waals surface area contributed by atoms with Crippen LogP contribution in [-0.2, 0) is 16.1 Å². The summed E-state index contributed by atoms with van der Waals surface area (Å²) in [5, 5.41) is 0. The molecule has 0 spiro atoms. The van der Waals surface area contributed by atoms with Crippen molar-refractivity contribution in [3.8, 4) is 5.75 Å². The first-order chi connectivity index (χ1) is 18.4. The van der Waals surface area contributed by atoms with Crippen LogP contribution in [0, 0.1) is 6.92 Å². The Morgan fingerprint density at radius 3 is 2.53 bits per heavy atom. The number of rotatable bonds is 7. The minimum absolute atomic E-state index is 0.204. The van der Waals surface area contributed by atoms with E-state index in [2.05, 4.69) is 4.99 Å². The summed E-state index contributed by atoms with van der Waals surface area (Å²) in [5.74, 6) is 0.255. The Morgan fingerprint density at radius 1 is 1.03 bits per heavy atom. The topological polar surface area (TPSA) is 69.9 Å². The van der Waals surface area contributed by atoms with Crippen molar-refractivity contribution in [2.45, 2.75) is 33.4 Å². The highest BCUT2D eigenvalue weighted by Gasteiger charge is 2.33. The van der Waals surface area contributed by atoms with Gasteiger partial charge in [-0.2, -0.15) is 0 Å². The van der Waals surface area contributed by atoms with Gasteiger partial charge in [-0.05, 0) is 55.7 Å². The van der Waals surface area contributed by atoms with Gasteiger partial charge < -0.3 is 9.47 Å². The van der Waals surface area contributed by atoms with Crippen LogP contribution in [0.1, 0.15) is 42.1 Å². The van der Waals surface area contributed by atoms with Gasteiger partial charge in [0, 0.05) is 0 Å². The highest BCUT2D eigenvalue weighted by Crippen LogP contribution is 2.30. The van der Waals surface area contributed by atoms with Crippen molar-refractivity contribution in [3.63, 3.8) is 0 Å². The zero-order chi connectivity index (χ0) is 26.6. The summed E-state index contributed by atoms with van der Waals surface area (Å²) in [4.78, 5) is 32.0. The molecule has 0 radical (unpaired) electrons. The van der Waals surface area contributed by atoms with E-state index in [-0.39, 0.29) is 12.2 Å². The van der Waals surface area contributed by atoms with Gasteiger partial charge in [-0.25, -0.2) is 9.79 Å². The zero-order valence-electron chi connectivity index (χ0n) is 21.5. The van der Waals surface area contributed by atoms with E-state index in [9.17, 15) is 9.59 Å². The van der Waals surface area contributed by atoms with Gasteiger partial charge in [0.2, 0.25) is 0 Å². The summed E-state index contributed by atoms with van der Waals surface area (Å²) >= 11 is 1.31. The van der Waals surface area contributed by atoms with Crippen LogP contribution in [0.15, 0.2) is 99.9 Å². The molecular weight excluding hydrogens is 496 g/mol. The standard InChI is InChI=1S/C31H28N2O4S/c1-4-36-30(35)27-21(3)32-31-33(28(27)24-15-13-20(2)14-16-24)29(34)26(38-31)18-23-11-8-12-25(17-23)37-19-22-9-6-5-7-10-22/h5-18,28H,4,19H2,1-3H3/b26-18-. The number of esters is 1. The lowest BCUT2D eigenvalue weighted by Crippen LogP contribution is -2.39. The molecule has 1 aliphatic rings. The number of fused-ring (bicyclic) bond motifs is 1. The van der Waals surface area contributed by atoms with Crippen molar-refractivity contribution in [2.75, 3.05) is 6.61 Å². The highest BCUT2D eigenvalue weighted by molar-refractivity contribution is 7.07. The molecule has 1 aliphatic heterocycles. The number of ether oxygens (including phenoxy) is 2. The second-order valence-electron chi connectivity index (χ2n) is 9.06. The van der Waals surface area contributed by atoms with Crippen LogP contribution in [0.4, 0.5) is 0 Å². The number of benzene rings is 3. The molecule has 0 saturated heterocycles. The minimum atomic E-state index is -0.617. The third-order valence-corrected chi connectivity index (χ3v) is 7.30. The molecule has 38 heavy (non-hydrogen) atoms. The number of aromatic nitrogens is 1. The Morgan fingerprint density at radius 2 is 1.79 bits per heavy atom. The predicted octanol–water partition coefficient (Wildman–Crippen LogP) is 4.69. The van der Waals surface area contributed by atoms with Crippen LogP contribution >= 0.6 is 11.3 Å². The highest BCUT2D eigenvalue weighted by atomic mass is 32.1. The summed E-state index contributed by atoms with van der Waals surface area (Å²) in [6.07, 6.45) is 1.84. The molecule has 3 aromatic carbocycles. The Bertz CT molecular complexity index is 1680. The molecule has 0 saturated carbocycles. The van der Waals surface area contributed by atoms with Gasteiger partial charge in [-0.1, -0.05) is 83.6 Å². The van der Waals surface area contributed by atoms with Crippen molar-refractivity contribution < 1.29 is 14.3 Å². The van der Waals surface area contributed by atoms with E-state index in [0.29, 0.717) is 33.0 Å². The summed E-state index contributed by atoms with van der Waals surface area (Å²) in [7, 11) is 0. The van der Waals surface area contributed by atoms with Crippen LogP contribution in [0.5, 0.6) is 5.75 Å². The van der Waals surface area contributed by atoms with Crippen molar-refractivity contribution in [3.05, 3.63) is 132 Å².